The van der Waals surface area contributed by atoms with Gasteiger partial charge in [0, 0.05) is 12.2 Å². The van der Waals surface area contributed by atoms with E-state index in [4.69, 9.17) is 0 Å². The van der Waals surface area contributed by atoms with Crippen LogP contribution < -0.4 is 4.72 Å². The van der Waals surface area contributed by atoms with E-state index in [0.717, 1.165) is 17.9 Å². The van der Waals surface area contributed by atoms with Gasteiger partial charge >= 0.3 is 0 Å². The number of fused-ring (bicyclic) bond motifs is 1. The number of nitrogens with zero attached hydrogens (tertiary/aromatic N) is 2. The van der Waals surface area contributed by atoms with Crippen molar-refractivity contribution in [1.29, 1.82) is 0 Å². The quantitative estimate of drug-likeness (QED) is 0.804. The number of benzene rings is 2. The first-order valence-electron chi connectivity index (χ1n) is 7.06. The van der Waals surface area contributed by atoms with Gasteiger partial charge in [-0.15, -0.1) is 0 Å². The van der Waals surface area contributed by atoms with Crippen LogP contribution in [0.5, 0.6) is 0 Å². The van der Waals surface area contributed by atoms with Crippen molar-refractivity contribution in [3.8, 4) is 0 Å². The van der Waals surface area contributed by atoms with Crippen molar-refractivity contribution in [2.24, 2.45) is 0 Å². The van der Waals surface area contributed by atoms with Crippen molar-refractivity contribution in [3.05, 3.63) is 54.4 Å². The molecule has 3 aromatic rings. The van der Waals surface area contributed by atoms with E-state index in [1.165, 1.54) is 0 Å². The van der Waals surface area contributed by atoms with E-state index < -0.39 is 10.0 Å². The highest BCUT2D eigenvalue weighted by Crippen LogP contribution is 2.22. The van der Waals surface area contributed by atoms with Crippen LogP contribution in [0.25, 0.3) is 11.0 Å². The number of aryl methyl sites for hydroxylation is 2. The number of para-hydroxylation sites is 1. The van der Waals surface area contributed by atoms with Gasteiger partial charge in [-0.2, -0.15) is 0 Å². The lowest BCUT2D eigenvalue weighted by Gasteiger charge is -2.08. The Morgan fingerprint density at radius 3 is 2.55 bits per heavy atom. The average molecular weight is 315 g/mol. The third kappa shape index (κ3) is 2.57. The van der Waals surface area contributed by atoms with Gasteiger partial charge in [0.25, 0.3) is 10.0 Å². The van der Waals surface area contributed by atoms with Gasteiger partial charge in [-0.25, -0.2) is 13.4 Å². The third-order valence-electron chi connectivity index (χ3n) is 3.56. The van der Waals surface area contributed by atoms with Crippen LogP contribution >= 0.6 is 0 Å². The van der Waals surface area contributed by atoms with E-state index in [1.807, 2.05) is 19.9 Å². The van der Waals surface area contributed by atoms with Crippen LogP contribution in [0.1, 0.15) is 12.7 Å². The van der Waals surface area contributed by atoms with Gasteiger partial charge in [-0.1, -0.05) is 18.2 Å². The van der Waals surface area contributed by atoms with Crippen LogP contribution in [0.2, 0.25) is 0 Å². The first-order chi connectivity index (χ1) is 10.5. The van der Waals surface area contributed by atoms with Crippen LogP contribution in [0.4, 0.5) is 5.69 Å². The SMILES string of the molecule is CCn1c(C)nc2cc(S(=O)(=O)Nc3ccccc3)ccc21. The minimum absolute atomic E-state index is 0.213. The molecule has 0 spiro atoms. The Hall–Kier alpha value is -2.34. The zero-order chi connectivity index (χ0) is 15.7. The fourth-order valence-electron chi connectivity index (χ4n) is 2.52. The highest BCUT2D eigenvalue weighted by atomic mass is 32.2. The van der Waals surface area contributed by atoms with Crippen LogP contribution in [0.15, 0.2) is 53.4 Å². The summed E-state index contributed by atoms with van der Waals surface area (Å²) in [4.78, 5) is 4.65. The van der Waals surface area contributed by atoms with Crippen LogP contribution in [0, 0.1) is 6.92 Å². The topological polar surface area (TPSA) is 64.0 Å². The van der Waals surface area contributed by atoms with E-state index in [2.05, 4.69) is 14.3 Å². The summed E-state index contributed by atoms with van der Waals surface area (Å²) in [5.74, 6) is 0.878. The average Bonchev–Trinajstić information content (AvgIpc) is 2.82. The van der Waals surface area contributed by atoms with E-state index in [0.29, 0.717) is 11.2 Å². The first-order valence-corrected chi connectivity index (χ1v) is 8.54. The smallest absolute Gasteiger partial charge is 0.261 e. The van der Waals surface area contributed by atoms with Gasteiger partial charge < -0.3 is 4.57 Å². The summed E-state index contributed by atoms with van der Waals surface area (Å²) < 4.78 is 29.5. The van der Waals surface area contributed by atoms with Gasteiger partial charge in [-0.05, 0) is 44.2 Å². The molecule has 0 fully saturated rings. The molecular formula is C16H17N3O2S. The molecule has 0 atom stereocenters. The lowest BCUT2D eigenvalue weighted by Crippen LogP contribution is -2.12. The molecule has 2 aromatic carbocycles. The number of anilines is 1. The summed E-state index contributed by atoms with van der Waals surface area (Å²) in [5.41, 5.74) is 2.17. The number of sulfonamides is 1. The zero-order valence-electron chi connectivity index (χ0n) is 12.4. The maximum atomic E-state index is 12.5. The van der Waals surface area contributed by atoms with Crippen molar-refractivity contribution >= 4 is 26.7 Å². The largest absolute Gasteiger partial charge is 0.329 e. The van der Waals surface area contributed by atoms with Crippen molar-refractivity contribution < 1.29 is 8.42 Å². The Balaban J connectivity index is 2.02. The first kappa shape index (κ1) is 14.6. The molecule has 5 nitrogen and oxygen atoms in total. The van der Waals surface area contributed by atoms with Crippen LogP contribution in [0.3, 0.4) is 0 Å². The number of nitrogens with one attached hydrogen (secondary N) is 1. The van der Waals surface area contributed by atoms with Gasteiger partial charge in [-0.3, -0.25) is 4.72 Å². The summed E-state index contributed by atoms with van der Waals surface area (Å²) >= 11 is 0. The highest BCUT2D eigenvalue weighted by molar-refractivity contribution is 7.92. The number of imidazole rings is 1. The van der Waals surface area contributed by atoms with Crippen molar-refractivity contribution in [2.45, 2.75) is 25.3 Å². The van der Waals surface area contributed by atoms with E-state index in [1.54, 1.807) is 42.5 Å². The number of aromatic nitrogens is 2. The van der Waals surface area contributed by atoms with Gasteiger partial charge in [0.05, 0.1) is 15.9 Å². The molecule has 1 N–H and O–H groups in total. The predicted molar refractivity (Wildman–Crippen MR) is 87.4 cm³/mol. The fraction of sp³-hybridized carbons (Fsp3) is 0.188. The van der Waals surface area contributed by atoms with Gasteiger partial charge in [0.2, 0.25) is 0 Å². The summed E-state index contributed by atoms with van der Waals surface area (Å²) in [5, 5.41) is 0. The maximum Gasteiger partial charge on any atom is 0.261 e. The molecule has 3 rings (SSSR count). The molecule has 0 saturated carbocycles. The molecule has 0 aliphatic carbocycles. The molecule has 0 radical (unpaired) electrons. The van der Waals surface area contributed by atoms with Crippen molar-refractivity contribution in [1.82, 2.24) is 9.55 Å². The second kappa shape index (κ2) is 5.46. The lowest BCUT2D eigenvalue weighted by atomic mass is 10.3. The number of rotatable bonds is 4. The molecule has 0 unspecified atom stereocenters. The Morgan fingerprint density at radius 2 is 1.86 bits per heavy atom. The third-order valence-corrected chi connectivity index (χ3v) is 4.94. The standard InChI is InChI=1S/C16H17N3O2S/c1-3-19-12(2)17-15-11-14(9-10-16(15)19)22(20,21)18-13-7-5-4-6-8-13/h4-11,18H,3H2,1-2H3. The van der Waals surface area contributed by atoms with Crippen LogP contribution in [-0.4, -0.2) is 18.0 Å². The fourth-order valence-corrected chi connectivity index (χ4v) is 3.59. The van der Waals surface area contributed by atoms with Crippen molar-refractivity contribution in [2.75, 3.05) is 4.72 Å². The molecule has 0 saturated heterocycles. The van der Waals surface area contributed by atoms with E-state index >= 15 is 0 Å². The van der Waals surface area contributed by atoms with Gasteiger partial charge in [0.15, 0.2) is 0 Å². The monoisotopic (exact) mass is 315 g/mol. The molecule has 0 amide bonds. The Kier molecular flexibility index (Phi) is 3.62. The number of hydrogen-bond donors (Lipinski definition) is 1. The Labute approximate surface area is 129 Å². The summed E-state index contributed by atoms with van der Waals surface area (Å²) in [6.45, 7) is 4.76. The molecule has 22 heavy (non-hydrogen) atoms. The summed E-state index contributed by atoms with van der Waals surface area (Å²) in [6.07, 6.45) is 0. The van der Waals surface area contributed by atoms with Crippen molar-refractivity contribution in [3.63, 3.8) is 0 Å². The summed E-state index contributed by atoms with van der Waals surface area (Å²) in [7, 11) is -3.61. The highest BCUT2D eigenvalue weighted by Gasteiger charge is 2.16. The maximum absolute atomic E-state index is 12.5. The second-order valence-electron chi connectivity index (χ2n) is 5.03. The molecule has 0 bridgehead atoms. The van der Waals surface area contributed by atoms with Gasteiger partial charge in [0.1, 0.15) is 5.82 Å². The minimum Gasteiger partial charge on any atom is -0.329 e. The van der Waals surface area contributed by atoms with E-state index in [-0.39, 0.29) is 4.90 Å². The van der Waals surface area contributed by atoms with E-state index in [9.17, 15) is 8.42 Å². The second-order valence-corrected chi connectivity index (χ2v) is 6.71. The molecule has 0 aliphatic rings. The normalized spacial score (nSPS) is 11.7. The Bertz CT molecular complexity index is 915. The zero-order valence-corrected chi connectivity index (χ0v) is 13.3. The molecular weight excluding hydrogens is 298 g/mol. The molecule has 1 heterocycles. The Morgan fingerprint density at radius 1 is 1.14 bits per heavy atom. The minimum atomic E-state index is -3.61. The predicted octanol–water partition coefficient (Wildman–Crippen LogP) is 3.17. The lowest BCUT2D eigenvalue weighted by molar-refractivity contribution is 0.601. The molecule has 6 heteroatoms. The molecule has 114 valence electrons. The number of hydrogen-bond acceptors (Lipinski definition) is 3. The molecule has 1 aromatic heterocycles. The molecule has 0 aliphatic heterocycles. The van der Waals surface area contributed by atoms with Crippen LogP contribution in [-0.2, 0) is 16.6 Å². The summed E-state index contributed by atoms with van der Waals surface area (Å²) in [6, 6.07) is 13.9.